The summed E-state index contributed by atoms with van der Waals surface area (Å²) >= 11 is 0. The standard InChI is InChI=1S/C72H139NO5/c1-3-5-7-9-11-13-15-17-19-21-23-24-25-26-27-28-29-32-36-40-44-48-52-56-60-64-70(75)69(68-74)73-71(76)65-61-57-53-49-45-41-37-33-30-31-35-39-43-47-51-55-59-63-67-78-72(77)66-62-58-54-50-46-42-38-34-22-20-18-16-14-12-10-8-6-4-2/h20,22,60,64,69-70,74-75H,3-19,21,23-59,61-63,65-68H2,1-2H3,(H,73,76)/b22-20-,64-60+. The number of nitrogens with one attached hydrogen (secondary N) is 1. The second-order valence-electron chi connectivity index (χ2n) is 24.6. The third-order valence-corrected chi connectivity index (χ3v) is 16.7. The zero-order chi connectivity index (χ0) is 56.4. The molecule has 462 valence electrons. The number of hydrogen-bond acceptors (Lipinski definition) is 5. The van der Waals surface area contributed by atoms with Crippen LogP contribution in [0.5, 0.6) is 0 Å². The molecule has 0 aromatic heterocycles. The van der Waals surface area contributed by atoms with Crippen molar-refractivity contribution in [1.29, 1.82) is 0 Å². The molecule has 6 heteroatoms. The van der Waals surface area contributed by atoms with Gasteiger partial charge in [-0.1, -0.05) is 353 Å². The van der Waals surface area contributed by atoms with Gasteiger partial charge in [0.2, 0.25) is 5.91 Å². The Morgan fingerprint density at radius 3 is 0.910 bits per heavy atom. The summed E-state index contributed by atoms with van der Waals surface area (Å²) in [6, 6.07) is -0.633. The lowest BCUT2D eigenvalue weighted by Crippen LogP contribution is -2.45. The fourth-order valence-electron chi connectivity index (χ4n) is 11.3. The fourth-order valence-corrected chi connectivity index (χ4v) is 11.3. The molecule has 0 saturated carbocycles. The van der Waals surface area contributed by atoms with Crippen LogP contribution in [0.4, 0.5) is 0 Å². The van der Waals surface area contributed by atoms with Crippen molar-refractivity contribution < 1.29 is 24.5 Å². The Kier molecular flexibility index (Phi) is 66.4. The van der Waals surface area contributed by atoms with Gasteiger partial charge in [0.25, 0.3) is 0 Å². The van der Waals surface area contributed by atoms with Crippen LogP contribution in [0.2, 0.25) is 0 Å². The molecule has 0 rings (SSSR count). The molecule has 2 atom stereocenters. The Morgan fingerprint density at radius 1 is 0.346 bits per heavy atom. The van der Waals surface area contributed by atoms with Crippen LogP contribution in [0.25, 0.3) is 0 Å². The third-order valence-electron chi connectivity index (χ3n) is 16.7. The SMILES string of the molecule is CCCCCCCCC/C=C\CCCCCCCCCC(=O)OCCCCCCCCCCCCCCCCCCCCC(=O)NC(CO)C(O)/C=C/CCCCCCCCCCCCCCCCCCCCCCCCC. The van der Waals surface area contributed by atoms with Crippen molar-refractivity contribution in [3.8, 4) is 0 Å². The Morgan fingerprint density at radius 2 is 0.603 bits per heavy atom. The largest absolute Gasteiger partial charge is 0.466 e. The summed E-state index contributed by atoms with van der Waals surface area (Å²) in [6.45, 7) is 4.93. The lowest BCUT2D eigenvalue weighted by Gasteiger charge is -2.20. The molecular formula is C72H139NO5. The van der Waals surface area contributed by atoms with Gasteiger partial charge in [-0.15, -0.1) is 0 Å². The van der Waals surface area contributed by atoms with Gasteiger partial charge in [-0.3, -0.25) is 9.59 Å². The van der Waals surface area contributed by atoms with Gasteiger partial charge in [0, 0.05) is 12.8 Å². The Balaban J connectivity index is 3.42. The second kappa shape index (κ2) is 67.8. The number of aliphatic hydroxyl groups excluding tert-OH is 2. The molecule has 0 aliphatic heterocycles. The van der Waals surface area contributed by atoms with Crippen molar-refractivity contribution in [2.45, 2.75) is 411 Å². The van der Waals surface area contributed by atoms with Crippen LogP contribution in [0.1, 0.15) is 399 Å². The second-order valence-corrected chi connectivity index (χ2v) is 24.6. The third kappa shape index (κ3) is 63.5. The zero-order valence-corrected chi connectivity index (χ0v) is 52.9. The van der Waals surface area contributed by atoms with Gasteiger partial charge in [-0.25, -0.2) is 0 Å². The maximum Gasteiger partial charge on any atom is 0.305 e. The Labute approximate surface area is 488 Å². The van der Waals surface area contributed by atoms with Crippen molar-refractivity contribution in [3.63, 3.8) is 0 Å². The Hall–Kier alpha value is -1.66. The van der Waals surface area contributed by atoms with Crippen LogP contribution in [0, 0.1) is 0 Å². The lowest BCUT2D eigenvalue weighted by molar-refractivity contribution is -0.143. The number of ether oxygens (including phenoxy) is 1. The minimum atomic E-state index is -0.849. The lowest BCUT2D eigenvalue weighted by atomic mass is 10.0. The molecule has 0 radical (unpaired) electrons. The number of carbonyl (C=O) groups is 2. The van der Waals surface area contributed by atoms with Crippen molar-refractivity contribution in [2.75, 3.05) is 13.2 Å². The average Bonchev–Trinajstić information content (AvgIpc) is 3.44. The van der Waals surface area contributed by atoms with Crippen LogP contribution in [0.15, 0.2) is 24.3 Å². The maximum atomic E-state index is 12.5. The van der Waals surface area contributed by atoms with Gasteiger partial charge in [0.15, 0.2) is 0 Å². The molecule has 1 amide bonds. The molecule has 0 heterocycles. The van der Waals surface area contributed by atoms with Gasteiger partial charge in [-0.05, 0) is 57.8 Å². The van der Waals surface area contributed by atoms with Gasteiger partial charge in [0.1, 0.15) is 0 Å². The minimum absolute atomic E-state index is 0.00477. The predicted molar refractivity (Wildman–Crippen MR) is 343 cm³/mol. The molecule has 0 saturated heterocycles. The molecule has 0 aliphatic rings. The van der Waals surface area contributed by atoms with Gasteiger partial charge >= 0.3 is 5.97 Å². The van der Waals surface area contributed by atoms with Crippen molar-refractivity contribution in [2.24, 2.45) is 0 Å². The van der Waals surface area contributed by atoms with E-state index in [0.29, 0.717) is 19.4 Å². The monoisotopic (exact) mass is 1100 g/mol. The Bertz CT molecular complexity index is 1220. The summed E-state index contributed by atoms with van der Waals surface area (Å²) in [6.07, 6.45) is 85.3. The van der Waals surface area contributed by atoms with Crippen LogP contribution < -0.4 is 5.32 Å². The first kappa shape index (κ1) is 76.3. The number of esters is 1. The van der Waals surface area contributed by atoms with E-state index in [1.807, 2.05) is 6.08 Å². The number of unbranched alkanes of at least 4 members (excludes halogenated alkanes) is 54. The van der Waals surface area contributed by atoms with Crippen LogP contribution in [-0.2, 0) is 14.3 Å². The van der Waals surface area contributed by atoms with Crippen LogP contribution in [-0.4, -0.2) is 47.4 Å². The summed E-state index contributed by atoms with van der Waals surface area (Å²) in [7, 11) is 0. The molecule has 6 nitrogen and oxygen atoms in total. The molecule has 78 heavy (non-hydrogen) atoms. The first-order chi connectivity index (χ1) is 38.5. The van der Waals surface area contributed by atoms with Crippen LogP contribution in [0.3, 0.4) is 0 Å². The topological polar surface area (TPSA) is 95.9 Å². The first-order valence-electron chi connectivity index (χ1n) is 35.6. The summed E-state index contributed by atoms with van der Waals surface area (Å²) < 4.78 is 5.50. The highest BCUT2D eigenvalue weighted by molar-refractivity contribution is 5.76. The number of allylic oxidation sites excluding steroid dienone is 3. The van der Waals surface area contributed by atoms with E-state index in [-0.39, 0.29) is 18.5 Å². The number of aliphatic hydroxyl groups is 2. The number of rotatable bonds is 67. The summed E-state index contributed by atoms with van der Waals surface area (Å²) in [5, 5.41) is 23.3. The summed E-state index contributed by atoms with van der Waals surface area (Å²) in [4.78, 5) is 24.6. The maximum absolute atomic E-state index is 12.5. The van der Waals surface area contributed by atoms with E-state index < -0.39 is 12.1 Å². The highest BCUT2D eigenvalue weighted by Gasteiger charge is 2.18. The van der Waals surface area contributed by atoms with Crippen LogP contribution >= 0.6 is 0 Å². The molecule has 0 fully saturated rings. The number of amides is 1. The van der Waals surface area contributed by atoms with Crippen molar-refractivity contribution >= 4 is 11.9 Å². The van der Waals surface area contributed by atoms with Crippen molar-refractivity contribution in [3.05, 3.63) is 24.3 Å². The molecule has 2 unspecified atom stereocenters. The molecule has 0 bridgehead atoms. The van der Waals surface area contributed by atoms with E-state index in [1.54, 1.807) is 6.08 Å². The molecule has 0 aromatic carbocycles. The molecule has 3 N–H and O–H groups in total. The van der Waals surface area contributed by atoms with E-state index in [9.17, 15) is 19.8 Å². The highest BCUT2D eigenvalue weighted by atomic mass is 16.5. The van der Waals surface area contributed by atoms with Gasteiger partial charge in [-0.2, -0.15) is 0 Å². The van der Waals surface area contributed by atoms with Crippen molar-refractivity contribution in [1.82, 2.24) is 5.32 Å². The number of hydrogen-bond donors (Lipinski definition) is 3. The quantitative estimate of drug-likeness (QED) is 0.0320. The van der Waals surface area contributed by atoms with E-state index >= 15 is 0 Å². The minimum Gasteiger partial charge on any atom is -0.466 e. The molecule has 0 aromatic rings. The predicted octanol–water partition coefficient (Wildman–Crippen LogP) is 22.9. The average molecular weight is 1100 g/mol. The zero-order valence-electron chi connectivity index (χ0n) is 52.9. The van der Waals surface area contributed by atoms with E-state index in [0.717, 1.165) is 44.9 Å². The van der Waals surface area contributed by atoms with Gasteiger partial charge < -0.3 is 20.3 Å². The van der Waals surface area contributed by atoms with E-state index in [1.165, 1.54) is 327 Å². The molecule has 0 spiro atoms. The van der Waals surface area contributed by atoms with E-state index in [2.05, 4.69) is 31.3 Å². The number of carbonyl (C=O) groups excluding carboxylic acids is 2. The molecular weight excluding hydrogens is 959 g/mol. The van der Waals surface area contributed by atoms with E-state index in [4.69, 9.17) is 4.74 Å². The summed E-state index contributed by atoms with van der Waals surface area (Å²) in [5.74, 6) is -0.0626. The smallest absolute Gasteiger partial charge is 0.305 e. The summed E-state index contributed by atoms with van der Waals surface area (Å²) in [5.41, 5.74) is 0. The van der Waals surface area contributed by atoms with Gasteiger partial charge in [0.05, 0.1) is 25.4 Å². The normalized spacial score (nSPS) is 12.6. The fraction of sp³-hybridized carbons (Fsp3) is 0.917. The first-order valence-corrected chi connectivity index (χ1v) is 35.6. The molecule has 0 aliphatic carbocycles. The highest BCUT2D eigenvalue weighted by Crippen LogP contribution is 2.19.